The zero-order valence-electron chi connectivity index (χ0n) is 18.0. The molecule has 0 spiro atoms. The van der Waals surface area contributed by atoms with Gasteiger partial charge in [0.05, 0.1) is 25.7 Å². The van der Waals surface area contributed by atoms with Crippen LogP contribution in [-0.2, 0) is 19.6 Å². The van der Waals surface area contributed by atoms with Crippen LogP contribution < -0.4 is 10.1 Å². The SMILES string of the molecule is CCOc1ccc(Cl)cc1S(=O)(=O)N1CCCC(C(=O)NCCCN2CCOCC2)C1. The molecule has 0 bridgehead atoms. The molecule has 1 atom stereocenters. The molecule has 0 radical (unpaired) electrons. The minimum atomic E-state index is -3.82. The summed E-state index contributed by atoms with van der Waals surface area (Å²) in [6.07, 6.45) is 2.17. The summed E-state index contributed by atoms with van der Waals surface area (Å²) >= 11 is 6.06. The number of carbonyl (C=O) groups excluding carboxylic acids is 1. The molecule has 2 fully saturated rings. The van der Waals surface area contributed by atoms with E-state index in [4.69, 9.17) is 21.1 Å². The molecule has 2 heterocycles. The van der Waals surface area contributed by atoms with Crippen molar-refractivity contribution >= 4 is 27.5 Å². The monoisotopic (exact) mass is 473 g/mol. The van der Waals surface area contributed by atoms with Crippen molar-refractivity contribution in [3.05, 3.63) is 23.2 Å². The first-order valence-corrected chi connectivity index (χ1v) is 12.7. The van der Waals surface area contributed by atoms with Crippen LogP contribution in [0.2, 0.25) is 5.02 Å². The second kappa shape index (κ2) is 11.5. The molecule has 2 aliphatic heterocycles. The normalized spacial score (nSPS) is 21.0. The Hall–Kier alpha value is -1.39. The van der Waals surface area contributed by atoms with E-state index in [2.05, 4.69) is 10.2 Å². The second-order valence-corrected chi connectivity index (χ2v) is 10.2. The van der Waals surface area contributed by atoms with E-state index in [1.54, 1.807) is 19.1 Å². The fraction of sp³-hybridized carbons (Fsp3) is 0.667. The summed E-state index contributed by atoms with van der Waals surface area (Å²) in [5, 5.41) is 3.31. The van der Waals surface area contributed by atoms with Crippen LogP contribution in [0.4, 0.5) is 0 Å². The van der Waals surface area contributed by atoms with E-state index in [9.17, 15) is 13.2 Å². The third kappa shape index (κ3) is 6.55. The maximum absolute atomic E-state index is 13.3. The van der Waals surface area contributed by atoms with Gasteiger partial charge in [-0.15, -0.1) is 0 Å². The summed E-state index contributed by atoms with van der Waals surface area (Å²) in [5.41, 5.74) is 0. The van der Waals surface area contributed by atoms with Crippen LogP contribution in [0.1, 0.15) is 26.2 Å². The summed E-state index contributed by atoms with van der Waals surface area (Å²) in [7, 11) is -3.82. The van der Waals surface area contributed by atoms with E-state index < -0.39 is 10.0 Å². The number of hydrogen-bond acceptors (Lipinski definition) is 6. The fourth-order valence-corrected chi connectivity index (χ4v) is 5.87. The van der Waals surface area contributed by atoms with Crippen molar-refractivity contribution in [2.45, 2.75) is 31.1 Å². The van der Waals surface area contributed by atoms with Gasteiger partial charge in [-0.1, -0.05) is 11.6 Å². The lowest BCUT2D eigenvalue weighted by Gasteiger charge is -2.31. The Balaban J connectivity index is 1.56. The number of rotatable bonds is 9. The molecule has 1 aromatic rings. The van der Waals surface area contributed by atoms with Crippen LogP contribution >= 0.6 is 11.6 Å². The number of amides is 1. The average Bonchev–Trinajstić information content (AvgIpc) is 2.78. The molecule has 0 saturated carbocycles. The van der Waals surface area contributed by atoms with Gasteiger partial charge in [0.25, 0.3) is 0 Å². The van der Waals surface area contributed by atoms with E-state index in [0.29, 0.717) is 37.6 Å². The number of piperidine rings is 1. The van der Waals surface area contributed by atoms with Crippen molar-refractivity contribution in [1.82, 2.24) is 14.5 Å². The Bertz CT molecular complexity index is 845. The van der Waals surface area contributed by atoms with Crippen LogP contribution in [0.3, 0.4) is 0 Å². The van der Waals surface area contributed by atoms with Crippen LogP contribution in [0.5, 0.6) is 5.75 Å². The van der Waals surface area contributed by atoms with Gasteiger partial charge in [-0.25, -0.2) is 8.42 Å². The molecule has 8 nitrogen and oxygen atoms in total. The minimum Gasteiger partial charge on any atom is -0.492 e. The number of sulfonamides is 1. The molecule has 1 unspecified atom stereocenters. The third-order valence-electron chi connectivity index (χ3n) is 5.63. The van der Waals surface area contributed by atoms with Gasteiger partial charge in [-0.3, -0.25) is 9.69 Å². The number of benzene rings is 1. The maximum atomic E-state index is 13.3. The summed E-state index contributed by atoms with van der Waals surface area (Å²) in [6, 6.07) is 4.59. The van der Waals surface area contributed by atoms with E-state index in [1.807, 2.05) is 0 Å². The number of halogens is 1. The van der Waals surface area contributed by atoms with Crippen molar-refractivity contribution in [2.75, 3.05) is 59.1 Å². The molecule has 174 valence electrons. The smallest absolute Gasteiger partial charge is 0.246 e. The van der Waals surface area contributed by atoms with Crippen LogP contribution in [0.25, 0.3) is 0 Å². The summed E-state index contributed by atoms with van der Waals surface area (Å²) in [4.78, 5) is 15.0. The summed E-state index contributed by atoms with van der Waals surface area (Å²) < 4.78 is 38.8. The van der Waals surface area contributed by atoms with Crippen molar-refractivity contribution < 1.29 is 22.7 Å². The highest BCUT2D eigenvalue weighted by atomic mass is 35.5. The van der Waals surface area contributed by atoms with Gasteiger partial charge in [-0.05, 0) is 50.9 Å². The standard InChI is InChI=1S/C21H32ClN3O5S/c1-2-30-19-7-6-18(22)15-20(19)31(27,28)25-10-3-5-17(16-25)21(26)23-8-4-9-24-11-13-29-14-12-24/h6-7,15,17H,2-5,8-14,16H2,1H3,(H,23,26). The lowest BCUT2D eigenvalue weighted by atomic mass is 9.99. The lowest BCUT2D eigenvalue weighted by Crippen LogP contribution is -2.46. The van der Waals surface area contributed by atoms with Crippen molar-refractivity contribution in [1.29, 1.82) is 0 Å². The Morgan fingerprint density at radius 1 is 1.29 bits per heavy atom. The summed E-state index contributed by atoms with van der Waals surface area (Å²) in [5.74, 6) is -0.166. The fourth-order valence-electron chi connectivity index (χ4n) is 3.96. The minimum absolute atomic E-state index is 0.0495. The van der Waals surface area contributed by atoms with Gasteiger partial charge in [0.15, 0.2) is 0 Å². The van der Waals surface area contributed by atoms with Gasteiger partial charge in [0.2, 0.25) is 15.9 Å². The number of nitrogens with one attached hydrogen (secondary N) is 1. The van der Waals surface area contributed by atoms with Crippen LogP contribution in [-0.4, -0.2) is 82.6 Å². The zero-order chi connectivity index (χ0) is 22.3. The number of morpholine rings is 1. The van der Waals surface area contributed by atoms with Gasteiger partial charge < -0.3 is 14.8 Å². The number of nitrogens with zero attached hydrogens (tertiary/aromatic N) is 2. The molecular weight excluding hydrogens is 442 g/mol. The van der Waals surface area contributed by atoms with Crippen molar-refractivity contribution in [2.24, 2.45) is 5.92 Å². The predicted octanol–water partition coefficient (Wildman–Crippen LogP) is 1.98. The van der Waals surface area contributed by atoms with E-state index in [-0.39, 0.29) is 29.0 Å². The number of hydrogen-bond donors (Lipinski definition) is 1. The predicted molar refractivity (Wildman–Crippen MR) is 119 cm³/mol. The van der Waals surface area contributed by atoms with Gasteiger partial charge in [0.1, 0.15) is 10.6 Å². The average molecular weight is 474 g/mol. The molecule has 31 heavy (non-hydrogen) atoms. The Morgan fingerprint density at radius 3 is 2.81 bits per heavy atom. The third-order valence-corrected chi connectivity index (χ3v) is 7.75. The van der Waals surface area contributed by atoms with E-state index >= 15 is 0 Å². The molecule has 2 aliphatic rings. The molecule has 10 heteroatoms. The molecular formula is C21H32ClN3O5S. The molecule has 1 aromatic carbocycles. The van der Waals surface area contributed by atoms with Crippen LogP contribution in [0.15, 0.2) is 23.1 Å². The lowest BCUT2D eigenvalue weighted by molar-refractivity contribution is -0.126. The summed E-state index contributed by atoms with van der Waals surface area (Å²) in [6.45, 7) is 7.56. The highest BCUT2D eigenvalue weighted by Crippen LogP contribution is 2.32. The van der Waals surface area contributed by atoms with Gasteiger partial charge >= 0.3 is 0 Å². The molecule has 0 aromatic heterocycles. The van der Waals surface area contributed by atoms with Gasteiger partial charge in [0, 0.05) is 37.7 Å². The zero-order valence-corrected chi connectivity index (χ0v) is 19.6. The first-order chi connectivity index (χ1) is 14.9. The van der Waals surface area contributed by atoms with E-state index in [1.165, 1.54) is 10.4 Å². The molecule has 0 aliphatic carbocycles. The van der Waals surface area contributed by atoms with Crippen molar-refractivity contribution in [3.63, 3.8) is 0 Å². The van der Waals surface area contributed by atoms with Crippen LogP contribution in [0, 0.1) is 5.92 Å². The molecule has 1 amide bonds. The van der Waals surface area contributed by atoms with Gasteiger partial charge in [-0.2, -0.15) is 4.31 Å². The largest absolute Gasteiger partial charge is 0.492 e. The number of carbonyl (C=O) groups is 1. The maximum Gasteiger partial charge on any atom is 0.246 e. The van der Waals surface area contributed by atoms with E-state index in [0.717, 1.165) is 39.3 Å². The number of ether oxygens (including phenoxy) is 2. The first-order valence-electron chi connectivity index (χ1n) is 10.9. The molecule has 3 rings (SSSR count). The quantitative estimate of drug-likeness (QED) is 0.552. The highest BCUT2D eigenvalue weighted by molar-refractivity contribution is 7.89. The molecule has 1 N–H and O–H groups in total. The Morgan fingerprint density at radius 2 is 2.06 bits per heavy atom. The Labute approximate surface area is 189 Å². The topological polar surface area (TPSA) is 88.2 Å². The first kappa shape index (κ1) is 24.3. The second-order valence-electron chi connectivity index (χ2n) is 7.82. The molecule has 2 saturated heterocycles. The van der Waals surface area contributed by atoms with Crippen molar-refractivity contribution in [3.8, 4) is 5.75 Å². The highest BCUT2D eigenvalue weighted by Gasteiger charge is 2.35. The Kier molecular flexibility index (Phi) is 8.97.